The van der Waals surface area contributed by atoms with Gasteiger partial charge in [0.2, 0.25) is 0 Å². The predicted molar refractivity (Wildman–Crippen MR) is 84.6 cm³/mol. The van der Waals surface area contributed by atoms with Crippen molar-refractivity contribution in [3.63, 3.8) is 0 Å². The molecule has 2 fully saturated rings. The summed E-state index contributed by atoms with van der Waals surface area (Å²) < 4.78 is 13.1. The highest BCUT2D eigenvalue weighted by Crippen LogP contribution is 2.42. The largest absolute Gasteiger partial charge is 0.307 e. The van der Waals surface area contributed by atoms with Crippen LogP contribution >= 0.6 is 11.8 Å². The van der Waals surface area contributed by atoms with Crippen molar-refractivity contribution in [1.29, 1.82) is 0 Å². The quantitative estimate of drug-likeness (QED) is 0.855. The molecule has 0 radical (unpaired) electrons. The van der Waals surface area contributed by atoms with Gasteiger partial charge in [-0.1, -0.05) is 12.1 Å². The van der Waals surface area contributed by atoms with Crippen molar-refractivity contribution in [2.75, 3.05) is 6.26 Å². The lowest BCUT2D eigenvalue weighted by molar-refractivity contribution is 0.327. The second kappa shape index (κ2) is 6.48. The SMILES string of the molecule is CSC1CCC(NC(c2ccc(F)cc2)C2CC2)CC1. The second-order valence-corrected chi connectivity index (χ2v) is 7.38. The molecule has 1 nitrogen and oxygen atoms in total. The highest BCUT2D eigenvalue weighted by Gasteiger charge is 2.34. The molecule has 0 aromatic heterocycles. The van der Waals surface area contributed by atoms with E-state index in [1.807, 2.05) is 23.9 Å². The molecule has 1 aromatic rings. The van der Waals surface area contributed by atoms with Gasteiger partial charge in [-0.3, -0.25) is 0 Å². The van der Waals surface area contributed by atoms with Gasteiger partial charge < -0.3 is 5.32 Å². The lowest BCUT2D eigenvalue weighted by Gasteiger charge is -2.32. The third-order valence-corrected chi connectivity index (χ3v) is 5.88. The molecule has 0 saturated heterocycles. The molecule has 20 heavy (non-hydrogen) atoms. The number of hydrogen-bond acceptors (Lipinski definition) is 2. The van der Waals surface area contributed by atoms with Crippen molar-refractivity contribution >= 4 is 11.8 Å². The van der Waals surface area contributed by atoms with Crippen LogP contribution in [-0.2, 0) is 0 Å². The summed E-state index contributed by atoms with van der Waals surface area (Å²) in [6.07, 6.45) is 10.1. The van der Waals surface area contributed by atoms with E-state index in [-0.39, 0.29) is 5.82 Å². The molecule has 1 atom stereocenters. The Bertz CT molecular complexity index is 421. The van der Waals surface area contributed by atoms with Gasteiger partial charge in [-0.2, -0.15) is 11.8 Å². The Morgan fingerprint density at radius 3 is 2.25 bits per heavy atom. The first kappa shape index (κ1) is 14.4. The van der Waals surface area contributed by atoms with Gasteiger partial charge in [0.15, 0.2) is 0 Å². The van der Waals surface area contributed by atoms with Gasteiger partial charge in [-0.05, 0) is 68.4 Å². The Hall–Kier alpha value is -0.540. The van der Waals surface area contributed by atoms with Crippen LogP contribution in [-0.4, -0.2) is 17.5 Å². The minimum atomic E-state index is -0.135. The Morgan fingerprint density at radius 2 is 1.70 bits per heavy atom. The highest BCUT2D eigenvalue weighted by molar-refractivity contribution is 7.99. The van der Waals surface area contributed by atoms with Gasteiger partial charge in [0.1, 0.15) is 5.82 Å². The van der Waals surface area contributed by atoms with Crippen LogP contribution in [0.3, 0.4) is 0 Å². The number of nitrogens with one attached hydrogen (secondary N) is 1. The molecule has 0 amide bonds. The molecule has 110 valence electrons. The number of halogens is 1. The van der Waals surface area contributed by atoms with Crippen molar-refractivity contribution in [2.24, 2.45) is 5.92 Å². The number of thioether (sulfide) groups is 1. The Balaban J connectivity index is 1.62. The lowest BCUT2D eigenvalue weighted by Crippen LogP contribution is -2.37. The summed E-state index contributed by atoms with van der Waals surface area (Å²) in [5, 5.41) is 4.73. The fourth-order valence-corrected chi connectivity index (χ4v) is 4.07. The average Bonchev–Trinajstić information content (AvgIpc) is 3.31. The van der Waals surface area contributed by atoms with Gasteiger partial charge in [0, 0.05) is 17.3 Å². The van der Waals surface area contributed by atoms with Gasteiger partial charge in [0.05, 0.1) is 0 Å². The monoisotopic (exact) mass is 293 g/mol. The fourth-order valence-electron chi connectivity index (χ4n) is 3.32. The van der Waals surface area contributed by atoms with Crippen LogP contribution in [0.4, 0.5) is 4.39 Å². The van der Waals surface area contributed by atoms with Crippen LogP contribution in [0.5, 0.6) is 0 Å². The van der Waals surface area contributed by atoms with E-state index in [0.717, 1.165) is 11.2 Å². The van der Waals surface area contributed by atoms with Crippen molar-refractivity contribution in [2.45, 2.75) is 55.9 Å². The Labute approximate surface area is 125 Å². The first-order valence-electron chi connectivity index (χ1n) is 7.80. The first-order chi connectivity index (χ1) is 9.76. The molecule has 3 rings (SSSR count). The standard InChI is InChI=1S/C17H24FNS/c1-20-16-10-8-15(9-11-16)19-17(12-2-3-12)13-4-6-14(18)7-5-13/h4-7,12,15-17,19H,2-3,8-11H2,1H3. The van der Waals surface area contributed by atoms with Gasteiger partial charge >= 0.3 is 0 Å². The Kier molecular flexibility index (Phi) is 4.67. The summed E-state index contributed by atoms with van der Waals surface area (Å²) >= 11 is 2.01. The minimum Gasteiger partial charge on any atom is -0.307 e. The summed E-state index contributed by atoms with van der Waals surface area (Å²) in [7, 11) is 0. The molecule has 1 N–H and O–H groups in total. The topological polar surface area (TPSA) is 12.0 Å². The molecule has 0 spiro atoms. The van der Waals surface area contributed by atoms with E-state index in [1.54, 1.807) is 12.1 Å². The maximum Gasteiger partial charge on any atom is 0.123 e. The maximum atomic E-state index is 13.1. The van der Waals surface area contributed by atoms with E-state index in [4.69, 9.17) is 0 Å². The third kappa shape index (κ3) is 3.56. The van der Waals surface area contributed by atoms with Crippen molar-refractivity contribution in [3.05, 3.63) is 35.6 Å². The third-order valence-electron chi connectivity index (χ3n) is 4.75. The molecular formula is C17H24FNS. The van der Waals surface area contributed by atoms with E-state index in [2.05, 4.69) is 11.6 Å². The van der Waals surface area contributed by atoms with Crippen molar-refractivity contribution in [3.8, 4) is 0 Å². The number of hydrogen-bond donors (Lipinski definition) is 1. The molecule has 0 heterocycles. The summed E-state index contributed by atoms with van der Waals surface area (Å²) in [6.45, 7) is 0. The second-order valence-electron chi connectivity index (χ2n) is 6.24. The molecular weight excluding hydrogens is 269 g/mol. The Morgan fingerprint density at radius 1 is 1.05 bits per heavy atom. The zero-order valence-corrected chi connectivity index (χ0v) is 13.0. The summed E-state index contributed by atoms with van der Waals surface area (Å²) in [4.78, 5) is 0. The van der Waals surface area contributed by atoms with E-state index in [9.17, 15) is 4.39 Å². The normalized spacial score (nSPS) is 28.3. The van der Waals surface area contributed by atoms with E-state index in [0.29, 0.717) is 12.1 Å². The minimum absolute atomic E-state index is 0.135. The summed E-state index contributed by atoms with van der Waals surface area (Å²) in [5.74, 6) is 0.627. The molecule has 2 aliphatic carbocycles. The van der Waals surface area contributed by atoms with Gasteiger partial charge in [0.25, 0.3) is 0 Å². The summed E-state index contributed by atoms with van der Waals surface area (Å²) in [6, 6.07) is 8.19. The molecule has 1 unspecified atom stereocenters. The molecule has 1 aromatic carbocycles. The van der Waals surface area contributed by atoms with E-state index >= 15 is 0 Å². The van der Waals surface area contributed by atoms with Crippen LogP contribution in [0.25, 0.3) is 0 Å². The van der Waals surface area contributed by atoms with Crippen LogP contribution in [0, 0.1) is 11.7 Å². The number of benzene rings is 1. The smallest absolute Gasteiger partial charge is 0.123 e. The zero-order valence-electron chi connectivity index (χ0n) is 12.1. The molecule has 2 aliphatic rings. The zero-order chi connectivity index (χ0) is 13.9. The highest BCUT2D eigenvalue weighted by atomic mass is 32.2. The van der Waals surface area contributed by atoms with E-state index in [1.165, 1.54) is 44.1 Å². The predicted octanol–water partition coefficient (Wildman–Crippen LogP) is 4.54. The first-order valence-corrected chi connectivity index (χ1v) is 9.09. The average molecular weight is 293 g/mol. The number of rotatable bonds is 5. The molecule has 3 heteroatoms. The maximum absolute atomic E-state index is 13.1. The molecule has 0 bridgehead atoms. The van der Waals surface area contributed by atoms with E-state index < -0.39 is 0 Å². The van der Waals surface area contributed by atoms with Gasteiger partial charge in [-0.15, -0.1) is 0 Å². The molecule has 0 aliphatic heterocycles. The van der Waals surface area contributed by atoms with Crippen LogP contribution in [0.15, 0.2) is 24.3 Å². The summed E-state index contributed by atoms with van der Waals surface area (Å²) in [5.41, 5.74) is 1.26. The van der Waals surface area contributed by atoms with Crippen LogP contribution < -0.4 is 5.32 Å². The van der Waals surface area contributed by atoms with Crippen LogP contribution in [0.1, 0.15) is 50.1 Å². The molecule has 2 saturated carbocycles. The van der Waals surface area contributed by atoms with Crippen molar-refractivity contribution in [1.82, 2.24) is 5.32 Å². The fraction of sp³-hybridized carbons (Fsp3) is 0.647. The van der Waals surface area contributed by atoms with Crippen LogP contribution in [0.2, 0.25) is 0 Å². The lowest BCUT2D eigenvalue weighted by atomic mass is 9.92. The van der Waals surface area contributed by atoms with Crippen molar-refractivity contribution < 1.29 is 4.39 Å². The van der Waals surface area contributed by atoms with Gasteiger partial charge in [-0.25, -0.2) is 4.39 Å².